The van der Waals surface area contributed by atoms with Gasteiger partial charge in [0.1, 0.15) is 0 Å². The molecule has 0 atom stereocenters. The van der Waals surface area contributed by atoms with E-state index in [4.69, 9.17) is 0 Å². The molecule has 2 heteroatoms. The van der Waals surface area contributed by atoms with Crippen LogP contribution in [-0.4, -0.2) is 0 Å². The summed E-state index contributed by atoms with van der Waals surface area (Å²) < 4.78 is 0. The van der Waals surface area contributed by atoms with Crippen LogP contribution in [0.25, 0.3) is 77.9 Å². The van der Waals surface area contributed by atoms with Crippen molar-refractivity contribution in [3.63, 3.8) is 0 Å². The normalized spacial score (nSPS) is 15.7. The summed E-state index contributed by atoms with van der Waals surface area (Å²) in [4.78, 5) is 4.85. The van der Waals surface area contributed by atoms with E-state index in [0.717, 1.165) is 47.0 Å². The Morgan fingerprint density at radius 2 is 0.769 bits per heavy atom. The zero-order chi connectivity index (χ0) is 61.6. The van der Waals surface area contributed by atoms with Crippen molar-refractivity contribution in [2.45, 2.75) is 70.6 Å². The maximum Gasteiger partial charge on any atom is 0.0465 e. The number of benzene rings is 11. The maximum atomic E-state index is 2.57. The maximum absolute atomic E-state index is 2.57. The molecule has 0 bridgehead atoms. The molecular formula is C89H72N2. The third kappa shape index (κ3) is 9.46. The van der Waals surface area contributed by atoms with E-state index in [-0.39, 0.29) is 16.2 Å². The molecule has 0 heterocycles. The SMILES string of the molecule is CC1(C)c2ccccc2-c2ccc(N(c3ccc(-c4ccccc4)cc3)c3ccc(-c4cccc5c4-c4cc6c(cc4C5(C)C)-c4ccc(-c5ccc(N(C7=CC=C(c8ccccc8)CC=C7)C7=CCC=C(c8ccccc8)C=C7)cc5)cc4C6(C)C)cc3)cc21. The van der Waals surface area contributed by atoms with Crippen molar-refractivity contribution in [3.8, 4) is 66.8 Å². The largest absolute Gasteiger partial charge is 0.311 e. The monoisotopic (exact) mass is 1170 g/mol. The molecule has 11 aromatic rings. The minimum absolute atomic E-state index is 0.124. The predicted octanol–water partition coefficient (Wildman–Crippen LogP) is 23.7. The second-order valence-electron chi connectivity index (χ2n) is 26.7. The van der Waals surface area contributed by atoms with Crippen molar-refractivity contribution >= 4 is 33.9 Å². The number of anilines is 4. The van der Waals surface area contributed by atoms with Crippen molar-refractivity contribution in [2.24, 2.45) is 0 Å². The number of nitrogens with zero attached hydrogens (tertiary/aromatic N) is 2. The number of allylic oxidation sites excluding steroid dienone is 10. The number of fused-ring (bicyclic) bond motifs is 9. The summed E-state index contributed by atoms with van der Waals surface area (Å²) in [6.45, 7) is 14.4. The Bertz CT molecular complexity index is 4890. The van der Waals surface area contributed by atoms with Crippen molar-refractivity contribution < 1.29 is 0 Å². The fourth-order valence-corrected chi connectivity index (χ4v) is 15.4. The van der Waals surface area contributed by atoms with E-state index in [1.54, 1.807) is 0 Å². The molecule has 0 aliphatic heterocycles. The molecule has 0 saturated heterocycles. The van der Waals surface area contributed by atoms with E-state index >= 15 is 0 Å². The lowest BCUT2D eigenvalue weighted by atomic mass is 9.79. The lowest BCUT2D eigenvalue weighted by Gasteiger charge is -2.28. The van der Waals surface area contributed by atoms with Gasteiger partial charge in [-0.15, -0.1) is 0 Å². The van der Waals surface area contributed by atoms with Crippen molar-refractivity contribution in [2.75, 3.05) is 9.80 Å². The summed E-state index contributed by atoms with van der Waals surface area (Å²) in [5.74, 6) is 0. The molecule has 16 rings (SSSR count). The molecule has 0 spiro atoms. The third-order valence-corrected chi connectivity index (χ3v) is 20.4. The van der Waals surface area contributed by atoms with Gasteiger partial charge in [-0.3, -0.25) is 0 Å². The van der Waals surface area contributed by atoms with E-state index < -0.39 is 0 Å². The molecule has 0 radical (unpaired) electrons. The topological polar surface area (TPSA) is 6.48 Å². The second kappa shape index (κ2) is 21.9. The number of hydrogen-bond acceptors (Lipinski definition) is 2. The van der Waals surface area contributed by atoms with E-state index in [1.165, 1.54) is 122 Å². The Kier molecular flexibility index (Phi) is 13.4. The summed E-state index contributed by atoms with van der Waals surface area (Å²) in [7, 11) is 0. The predicted molar refractivity (Wildman–Crippen MR) is 385 cm³/mol. The van der Waals surface area contributed by atoms with Crippen LogP contribution in [-0.2, 0) is 16.2 Å². The molecular weight excluding hydrogens is 1100 g/mol. The summed E-state index contributed by atoms with van der Waals surface area (Å²) in [5, 5.41) is 0. The zero-order valence-electron chi connectivity index (χ0n) is 52.7. The molecule has 438 valence electrons. The first kappa shape index (κ1) is 55.7. The van der Waals surface area contributed by atoms with Gasteiger partial charge in [-0.1, -0.05) is 260 Å². The molecule has 0 aromatic heterocycles. The average Bonchev–Trinajstić information content (AvgIpc) is 1.55. The smallest absolute Gasteiger partial charge is 0.0465 e. The molecule has 5 aliphatic rings. The van der Waals surface area contributed by atoms with Crippen LogP contribution >= 0.6 is 0 Å². The molecule has 5 aliphatic carbocycles. The summed E-state index contributed by atoms with van der Waals surface area (Å²) in [5.41, 5.74) is 34.9. The Labute approximate surface area is 537 Å². The minimum atomic E-state index is -0.233. The van der Waals surface area contributed by atoms with Crippen LogP contribution in [0.15, 0.2) is 315 Å². The Morgan fingerprint density at radius 3 is 1.48 bits per heavy atom. The van der Waals surface area contributed by atoms with E-state index in [2.05, 4.69) is 355 Å². The Balaban J connectivity index is 0.720. The Morgan fingerprint density at radius 1 is 0.286 bits per heavy atom. The quantitative estimate of drug-likeness (QED) is 0.127. The molecule has 2 nitrogen and oxygen atoms in total. The standard InChI is InChI=1S/C89H72N2/c1-87(2)80-33-17-16-31-75(80)76-54-52-73(56-83(76)87)91(71-46-37-64(38-47-71)61-25-14-9-15-26-61)72-50-41-66(42-51-72)74-32-20-34-81-86(74)79-58-84-78(57-85(79)88(81,3)4)77-53-43-67(55-82(77)89(84,5)6)65-39-48-70(49-40-65)90(68-29-18-27-62(35-44-68)59-21-10-7-11-22-59)69-30-19-28-63(36-45-69)60-23-12-8-13-24-60/h7-18,20-26,28-58H,19,27H2,1-6H3. The summed E-state index contributed by atoms with van der Waals surface area (Å²) in [6.07, 6.45) is 20.1. The van der Waals surface area contributed by atoms with Crippen molar-refractivity contribution in [1.29, 1.82) is 0 Å². The first-order valence-electron chi connectivity index (χ1n) is 32.3. The second-order valence-corrected chi connectivity index (χ2v) is 26.7. The van der Waals surface area contributed by atoms with Crippen molar-refractivity contribution in [3.05, 3.63) is 359 Å². The highest BCUT2D eigenvalue weighted by Gasteiger charge is 2.43. The van der Waals surface area contributed by atoms with Crippen LogP contribution in [0.3, 0.4) is 0 Å². The van der Waals surface area contributed by atoms with Crippen LogP contribution in [0.1, 0.15) is 98.9 Å². The number of hydrogen-bond donors (Lipinski definition) is 0. The molecule has 0 amide bonds. The molecule has 91 heavy (non-hydrogen) atoms. The van der Waals surface area contributed by atoms with E-state index in [9.17, 15) is 0 Å². The average molecular weight is 1170 g/mol. The fourth-order valence-electron chi connectivity index (χ4n) is 15.4. The van der Waals surface area contributed by atoms with Crippen LogP contribution in [0, 0.1) is 0 Å². The number of rotatable bonds is 11. The summed E-state index contributed by atoms with van der Waals surface area (Å²) in [6, 6.07) is 95.1. The highest BCUT2D eigenvalue weighted by Crippen LogP contribution is 2.59. The lowest BCUT2D eigenvalue weighted by molar-refractivity contribution is 0.652. The van der Waals surface area contributed by atoms with E-state index in [0.29, 0.717) is 0 Å². The highest BCUT2D eigenvalue weighted by atomic mass is 15.2. The first-order valence-corrected chi connectivity index (χ1v) is 32.3. The van der Waals surface area contributed by atoms with Gasteiger partial charge in [0.15, 0.2) is 0 Å². The van der Waals surface area contributed by atoms with Gasteiger partial charge >= 0.3 is 0 Å². The van der Waals surface area contributed by atoms with Gasteiger partial charge in [0.25, 0.3) is 0 Å². The van der Waals surface area contributed by atoms with E-state index in [1.807, 2.05) is 0 Å². The third-order valence-electron chi connectivity index (χ3n) is 20.4. The molecule has 11 aromatic carbocycles. The van der Waals surface area contributed by atoms with Crippen LogP contribution < -0.4 is 9.80 Å². The van der Waals surface area contributed by atoms with Gasteiger partial charge < -0.3 is 9.80 Å². The first-order chi connectivity index (χ1) is 44.4. The molecule has 0 saturated carbocycles. The molecule has 0 unspecified atom stereocenters. The van der Waals surface area contributed by atoms with Crippen LogP contribution in [0.2, 0.25) is 0 Å². The van der Waals surface area contributed by atoms with Gasteiger partial charge in [-0.25, -0.2) is 0 Å². The van der Waals surface area contributed by atoms with Gasteiger partial charge in [0.2, 0.25) is 0 Å². The van der Waals surface area contributed by atoms with Crippen molar-refractivity contribution in [1.82, 2.24) is 0 Å². The van der Waals surface area contributed by atoms with Gasteiger partial charge in [0, 0.05) is 50.4 Å². The van der Waals surface area contributed by atoms with Gasteiger partial charge in [-0.05, 0) is 220 Å². The Hall–Kier alpha value is -10.5. The minimum Gasteiger partial charge on any atom is -0.311 e. The summed E-state index contributed by atoms with van der Waals surface area (Å²) >= 11 is 0. The zero-order valence-corrected chi connectivity index (χ0v) is 52.7. The molecule has 0 fully saturated rings. The van der Waals surface area contributed by atoms with Crippen LogP contribution in [0.5, 0.6) is 0 Å². The molecule has 0 N–H and O–H groups in total. The van der Waals surface area contributed by atoms with Gasteiger partial charge in [0.05, 0.1) is 0 Å². The van der Waals surface area contributed by atoms with Gasteiger partial charge in [-0.2, -0.15) is 0 Å². The fraction of sp³-hybridized carbons (Fsp3) is 0.124. The highest BCUT2D eigenvalue weighted by molar-refractivity contribution is 5.97. The lowest BCUT2D eigenvalue weighted by Crippen LogP contribution is -2.19. The van der Waals surface area contributed by atoms with Crippen LogP contribution in [0.4, 0.5) is 22.7 Å².